The lowest BCUT2D eigenvalue weighted by molar-refractivity contribution is 0.660. The molecule has 0 aliphatic carbocycles. The fourth-order valence-corrected chi connectivity index (χ4v) is 3.77. The van der Waals surface area contributed by atoms with Crippen molar-refractivity contribution in [2.24, 2.45) is 0 Å². The summed E-state index contributed by atoms with van der Waals surface area (Å²) in [6.07, 6.45) is 6.67. The Morgan fingerprint density at radius 2 is 2.20 bits per heavy atom. The Labute approximate surface area is 120 Å². The van der Waals surface area contributed by atoms with Gasteiger partial charge in [-0.1, -0.05) is 0 Å². The van der Waals surface area contributed by atoms with Gasteiger partial charge in [-0.25, -0.2) is 15.0 Å². The summed E-state index contributed by atoms with van der Waals surface area (Å²) in [7, 11) is 0. The van der Waals surface area contributed by atoms with Gasteiger partial charge in [0.1, 0.15) is 12.1 Å². The Kier molecular flexibility index (Phi) is 2.70. The number of aromatic nitrogens is 4. The summed E-state index contributed by atoms with van der Waals surface area (Å²) in [6, 6.07) is 0. The maximum absolute atomic E-state index is 4.54. The van der Waals surface area contributed by atoms with E-state index in [0.29, 0.717) is 0 Å². The summed E-state index contributed by atoms with van der Waals surface area (Å²) in [5.41, 5.74) is 3.56. The molecule has 0 spiro atoms. The van der Waals surface area contributed by atoms with E-state index in [9.17, 15) is 0 Å². The first-order valence-corrected chi connectivity index (χ1v) is 7.63. The molecule has 0 aromatic carbocycles. The summed E-state index contributed by atoms with van der Waals surface area (Å²) < 4.78 is 3.43. The monoisotopic (exact) mass is 285 g/mol. The Morgan fingerprint density at radius 1 is 1.25 bits per heavy atom. The van der Waals surface area contributed by atoms with Crippen molar-refractivity contribution in [2.75, 3.05) is 11.4 Å². The molecule has 1 aliphatic heterocycles. The van der Waals surface area contributed by atoms with Crippen LogP contribution < -0.4 is 4.90 Å². The highest BCUT2D eigenvalue weighted by atomic mass is 32.1. The second-order valence-corrected chi connectivity index (χ2v) is 6.03. The SMILES string of the molecule is Cc1csc2c(N3CCCn4cncc4C3)ncnc12. The molecule has 4 rings (SSSR count). The van der Waals surface area contributed by atoms with Crippen molar-refractivity contribution < 1.29 is 0 Å². The van der Waals surface area contributed by atoms with Crippen LogP contribution in [0.2, 0.25) is 0 Å². The molecule has 102 valence electrons. The minimum absolute atomic E-state index is 0.864. The molecule has 0 amide bonds. The lowest BCUT2D eigenvalue weighted by atomic mass is 10.3. The van der Waals surface area contributed by atoms with Gasteiger partial charge in [-0.3, -0.25) is 0 Å². The molecule has 0 unspecified atom stereocenters. The second-order valence-electron chi connectivity index (χ2n) is 5.15. The van der Waals surface area contributed by atoms with Gasteiger partial charge < -0.3 is 9.47 Å². The van der Waals surface area contributed by atoms with Crippen molar-refractivity contribution in [3.8, 4) is 0 Å². The van der Waals surface area contributed by atoms with Crippen molar-refractivity contribution in [2.45, 2.75) is 26.4 Å². The van der Waals surface area contributed by atoms with Crippen LogP contribution in [0.25, 0.3) is 10.2 Å². The number of nitrogens with zero attached hydrogens (tertiary/aromatic N) is 5. The van der Waals surface area contributed by atoms with Crippen molar-refractivity contribution in [3.63, 3.8) is 0 Å². The molecular formula is C14H15N5S. The Balaban J connectivity index is 1.79. The van der Waals surface area contributed by atoms with Gasteiger partial charge in [-0.05, 0) is 24.3 Å². The molecule has 0 saturated carbocycles. The smallest absolute Gasteiger partial charge is 0.150 e. The van der Waals surface area contributed by atoms with Crippen LogP contribution >= 0.6 is 11.3 Å². The highest BCUT2D eigenvalue weighted by Crippen LogP contribution is 2.32. The minimum Gasteiger partial charge on any atom is -0.349 e. The minimum atomic E-state index is 0.864. The number of anilines is 1. The van der Waals surface area contributed by atoms with E-state index in [0.717, 1.165) is 37.4 Å². The van der Waals surface area contributed by atoms with Gasteiger partial charge in [0.15, 0.2) is 0 Å². The van der Waals surface area contributed by atoms with Gasteiger partial charge in [0.2, 0.25) is 0 Å². The third-order valence-electron chi connectivity index (χ3n) is 3.79. The van der Waals surface area contributed by atoms with Gasteiger partial charge >= 0.3 is 0 Å². The van der Waals surface area contributed by atoms with E-state index in [2.05, 4.69) is 36.7 Å². The van der Waals surface area contributed by atoms with Crippen molar-refractivity contribution in [1.82, 2.24) is 19.5 Å². The molecule has 0 fully saturated rings. The Morgan fingerprint density at radius 3 is 3.15 bits per heavy atom. The third-order valence-corrected chi connectivity index (χ3v) is 4.87. The first kappa shape index (κ1) is 11.8. The average molecular weight is 285 g/mol. The number of hydrogen-bond acceptors (Lipinski definition) is 5. The molecule has 6 heteroatoms. The summed E-state index contributed by atoms with van der Waals surface area (Å²) in [6.45, 7) is 5.02. The summed E-state index contributed by atoms with van der Waals surface area (Å²) >= 11 is 1.74. The molecule has 3 aromatic rings. The maximum Gasteiger partial charge on any atom is 0.150 e. The molecule has 5 nitrogen and oxygen atoms in total. The predicted octanol–water partition coefficient (Wildman–Crippen LogP) is 2.61. The van der Waals surface area contributed by atoms with E-state index in [1.807, 2.05) is 12.5 Å². The maximum atomic E-state index is 4.54. The van der Waals surface area contributed by atoms with Crippen molar-refractivity contribution in [1.29, 1.82) is 0 Å². The normalized spacial score (nSPS) is 15.3. The molecule has 1 aliphatic rings. The predicted molar refractivity (Wildman–Crippen MR) is 80.0 cm³/mol. The van der Waals surface area contributed by atoms with E-state index < -0.39 is 0 Å². The zero-order valence-corrected chi connectivity index (χ0v) is 12.1. The summed E-state index contributed by atoms with van der Waals surface area (Å²) in [4.78, 5) is 15.5. The number of thiophene rings is 1. The number of fused-ring (bicyclic) bond motifs is 2. The van der Waals surface area contributed by atoms with E-state index >= 15 is 0 Å². The lowest BCUT2D eigenvalue weighted by Crippen LogP contribution is -2.23. The van der Waals surface area contributed by atoms with Crippen molar-refractivity contribution >= 4 is 27.4 Å². The van der Waals surface area contributed by atoms with Gasteiger partial charge in [0.05, 0.1) is 28.8 Å². The fraction of sp³-hybridized carbons (Fsp3) is 0.357. The van der Waals surface area contributed by atoms with Crippen LogP contribution in [0.4, 0.5) is 5.82 Å². The van der Waals surface area contributed by atoms with Gasteiger partial charge in [0, 0.05) is 19.3 Å². The molecule has 20 heavy (non-hydrogen) atoms. The molecule has 3 aromatic heterocycles. The highest BCUT2D eigenvalue weighted by molar-refractivity contribution is 7.18. The molecule has 4 heterocycles. The molecular weight excluding hydrogens is 270 g/mol. The summed E-state index contributed by atoms with van der Waals surface area (Å²) in [5, 5.41) is 2.16. The number of rotatable bonds is 1. The average Bonchev–Trinajstić information content (AvgIpc) is 3.01. The lowest BCUT2D eigenvalue weighted by Gasteiger charge is -2.21. The Hall–Kier alpha value is -1.95. The van der Waals surface area contributed by atoms with Crippen LogP contribution in [0.5, 0.6) is 0 Å². The van der Waals surface area contributed by atoms with Crippen LogP contribution in [-0.4, -0.2) is 26.1 Å². The molecule has 0 radical (unpaired) electrons. The van der Waals surface area contributed by atoms with Gasteiger partial charge in [-0.2, -0.15) is 0 Å². The molecule has 0 bridgehead atoms. The highest BCUT2D eigenvalue weighted by Gasteiger charge is 2.19. The van der Waals surface area contributed by atoms with Gasteiger partial charge in [0.25, 0.3) is 0 Å². The first-order valence-electron chi connectivity index (χ1n) is 6.75. The number of aryl methyl sites for hydroxylation is 2. The largest absolute Gasteiger partial charge is 0.349 e. The first-order chi connectivity index (χ1) is 9.83. The van der Waals surface area contributed by atoms with Crippen LogP contribution in [0.3, 0.4) is 0 Å². The fourth-order valence-electron chi connectivity index (χ4n) is 2.75. The van der Waals surface area contributed by atoms with Crippen LogP contribution in [-0.2, 0) is 13.1 Å². The third kappa shape index (κ3) is 1.79. The number of hydrogen-bond donors (Lipinski definition) is 0. The topological polar surface area (TPSA) is 46.8 Å². The van der Waals surface area contributed by atoms with E-state index in [4.69, 9.17) is 0 Å². The summed E-state index contributed by atoms with van der Waals surface area (Å²) in [5.74, 6) is 1.06. The zero-order chi connectivity index (χ0) is 13.5. The van der Waals surface area contributed by atoms with E-state index in [-0.39, 0.29) is 0 Å². The second kappa shape index (κ2) is 4.56. The quantitative estimate of drug-likeness (QED) is 0.689. The van der Waals surface area contributed by atoms with Crippen molar-refractivity contribution in [3.05, 3.63) is 35.5 Å². The van der Waals surface area contributed by atoms with Crippen LogP contribution in [0, 0.1) is 6.92 Å². The van der Waals surface area contributed by atoms with Crippen LogP contribution in [0.15, 0.2) is 24.2 Å². The van der Waals surface area contributed by atoms with Crippen LogP contribution in [0.1, 0.15) is 17.7 Å². The molecule has 0 saturated heterocycles. The standard InChI is InChI=1S/C14H15N5S/c1-10-7-20-13-12(10)16-8-17-14(13)18-3-2-4-19-9-15-5-11(19)6-18/h5,7-9H,2-4,6H2,1H3. The van der Waals surface area contributed by atoms with E-state index in [1.165, 1.54) is 16.0 Å². The zero-order valence-electron chi connectivity index (χ0n) is 11.3. The Bertz CT molecular complexity index is 760. The van der Waals surface area contributed by atoms with E-state index in [1.54, 1.807) is 17.7 Å². The molecule has 0 atom stereocenters. The molecule has 0 N–H and O–H groups in total. The number of imidazole rings is 1. The van der Waals surface area contributed by atoms with Gasteiger partial charge in [-0.15, -0.1) is 11.3 Å².